The number of aromatic nitrogens is 3. The van der Waals surface area contributed by atoms with Crippen molar-refractivity contribution < 1.29 is 0 Å². The predicted molar refractivity (Wildman–Crippen MR) is 343 cm³/mol. The Kier molecular flexibility index (Phi) is 14.8. The number of pyridine rings is 3. The lowest BCUT2D eigenvalue weighted by Gasteiger charge is -2.11. The summed E-state index contributed by atoms with van der Waals surface area (Å²) in [6, 6.07) is 40.0. The van der Waals surface area contributed by atoms with Crippen LogP contribution in [0.4, 0.5) is 0 Å². The van der Waals surface area contributed by atoms with Crippen molar-refractivity contribution in [1.82, 2.24) is 15.0 Å². The van der Waals surface area contributed by atoms with Crippen LogP contribution < -0.4 is 0 Å². The molecule has 3 heteroatoms. The fraction of sp³-hybridized carbons (Fsp3) is 0.269. The van der Waals surface area contributed by atoms with Gasteiger partial charge >= 0.3 is 0 Å². The zero-order valence-corrected chi connectivity index (χ0v) is 51.0. The van der Waals surface area contributed by atoms with Crippen LogP contribution in [0.3, 0.4) is 0 Å². The third-order valence-corrected chi connectivity index (χ3v) is 19.2. The summed E-state index contributed by atoms with van der Waals surface area (Å²) < 4.78 is 0. The molecule has 7 aromatic carbocycles. The smallest absolute Gasteiger partial charge is 0.0526 e. The topological polar surface area (TPSA) is 38.7 Å². The van der Waals surface area contributed by atoms with Crippen LogP contribution >= 0.6 is 0 Å². The van der Waals surface area contributed by atoms with Crippen LogP contribution in [0.25, 0.3) is 55.6 Å². The average Bonchev–Trinajstić information content (AvgIpc) is 4.50. The highest BCUT2D eigenvalue weighted by Crippen LogP contribution is 2.45. The standard InChI is InChI=1S/2C17H18.2C15H15N.C14H13N/c1-10-6-8-15-16(12(10)3)9-14-7-5-11(2)13(4)17(14)15;1-10-7-12(3)15-9-14-6-5-11(2)13(4)17(14)16(15)8-10;1-9-7-12-8-14-13(5-4-6-16-14)15(12)11(3)10(9)2;1-9-7-10(2)13-8-14-12(5-4-6-16-14)15(13)11(9)3;1-9-5-6-11-8-13-12(4-3-7-15-13)14(11)10(9)2/h2*5-8H,9H2,1-4H3;2*4-7H,8H2,1-3H3;3-7H,8H2,1-2H3. The first-order chi connectivity index (χ1) is 38.8. The molecule has 3 nitrogen and oxygen atoms in total. The first kappa shape index (κ1) is 54.9. The summed E-state index contributed by atoms with van der Waals surface area (Å²) >= 11 is 0. The van der Waals surface area contributed by atoms with Gasteiger partial charge in [0, 0.05) is 54.5 Å². The van der Waals surface area contributed by atoms with Gasteiger partial charge in [-0.1, -0.05) is 96.6 Å². The number of hydrogen-bond acceptors (Lipinski definition) is 3. The molecule has 0 N–H and O–H groups in total. The fourth-order valence-corrected chi connectivity index (χ4v) is 13.7. The van der Waals surface area contributed by atoms with Crippen LogP contribution in [0.2, 0.25) is 0 Å². The molecule has 0 atom stereocenters. The second kappa shape index (κ2) is 21.8. The Morgan fingerprint density at radius 1 is 0.247 bits per heavy atom. The minimum atomic E-state index is 0.993. The van der Waals surface area contributed by atoms with E-state index >= 15 is 0 Å². The summed E-state index contributed by atoms with van der Waals surface area (Å²) in [7, 11) is 0. The van der Waals surface area contributed by atoms with E-state index in [1.807, 2.05) is 36.8 Å². The van der Waals surface area contributed by atoms with Crippen molar-refractivity contribution in [3.05, 3.63) is 273 Å². The quantitative estimate of drug-likeness (QED) is 0.152. The van der Waals surface area contributed by atoms with Crippen LogP contribution in [-0.4, -0.2) is 15.0 Å². The minimum absolute atomic E-state index is 0.993. The molecule has 81 heavy (non-hydrogen) atoms. The van der Waals surface area contributed by atoms with Crippen LogP contribution in [0.15, 0.2) is 128 Å². The molecule has 15 rings (SSSR count). The average molecular weight is 1060 g/mol. The molecule has 0 amide bonds. The Morgan fingerprint density at radius 3 is 1.22 bits per heavy atom. The number of benzene rings is 7. The van der Waals surface area contributed by atoms with Gasteiger partial charge in [0.2, 0.25) is 0 Å². The van der Waals surface area contributed by atoms with Crippen molar-refractivity contribution in [3.8, 4) is 55.6 Å². The number of nitrogens with zero attached hydrogens (tertiary/aromatic N) is 3. The molecule has 406 valence electrons. The Labute approximate surface area is 483 Å². The highest BCUT2D eigenvalue weighted by molar-refractivity contribution is 5.85. The van der Waals surface area contributed by atoms with E-state index in [-0.39, 0.29) is 0 Å². The number of rotatable bonds is 0. The highest BCUT2D eigenvalue weighted by atomic mass is 14.7. The van der Waals surface area contributed by atoms with Gasteiger partial charge < -0.3 is 0 Å². The molecule has 0 spiro atoms. The minimum Gasteiger partial charge on any atom is -0.260 e. The van der Waals surface area contributed by atoms with Crippen LogP contribution in [0, 0.1) is 111 Å². The monoisotopic (exact) mass is 1060 g/mol. The molecule has 3 aromatic heterocycles. The Balaban J connectivity index is 0.000000107. The summed E-state index contributed by atoms with van der Waals surface area (Å²) in [4.78, 5) is 13.4. The maximum atomic E-state index is 4.49. The maximum Gasteiger partial charge on any atom is 0.0526 e. The van der Waals surface area contributed by atoms with E-state index < -0.39 is 0 Å². The van der Waals surface area contributed by atoms with Crippen molar-refractivity contribution in [3.63, 3.8) is 0 Å². The Hall–Kier alpha value is -8.01. The van der Waals surface area contributed by atoms with E-state index in [4.69, 9.17) is 0 Å². The van der Waals surface area contributed by atoms with Gasteiger partial charge in [-0.15, -0.1) is 0 Å². The predicted octanol–water partition coefficient (Wildman–Crippen LogP) is 19.4. The van der Waals surface area contributed by atoms with Gasteiger partial charge in [-0.25, -0.2) is 0 Å². The molecule has 0 fully saturated rings. The van der Waals surface area contributed by atoms with Crippen molar-refractivity contribution in [2.24, 2.45) is 0 Å². The molecule has 0 aliphatic heterocycles. The van der Waals surface area contributed by atoms with Gasteiger partial charge in [0.25, 0.3) is 0 Å². The van der Waals surface area contributed by atoms with Gasteiger partial charge in [0.05, 0.1) is 17.1 Å². The van der Waals surface area contributed by atoms with Crippen LogP contribution in [0.5, 0.6) is 0 Å². The third kappa shape index (κ3) is 9.87. The molecule has 10 aromatic rings. The summed E-state index contributed by atoms with van der Waals surface area (Å²) in [5.41, 5.74) is 50.8. The molecular weight excluding hydrogens is 979 g/mol. The summed E-state index contributed by atoms with van der Waals surface area (Å²) in [5, 5.41) is 0. The van der Waals surface area contributed by atoms with Gasteiger partial charge in [0.15, 0.2) is 0 Å². The second-order valence-electron chi connectivity index (χ2n) is 24.1. The molecule has 5 aliphatic carbocycles. The van der Waals surface area contributed by atoms with Gasteiger partial charge in [-0.3, -0.25) is 15.0 Å². The van der Waals surface area contributed by atoms with E-state index in [0.29, 0.717) is 0 Å². The lowest BCUT2D eigenvalue weighted by Crippen LogP contribution is -1.92. The first-order valence-electron chi connectivity index (χ1n) is 29.3. The number of fused-ring (bicyclic) bond motifs is 15. The molecule has 0 unspecified atom stereocenters. The zero-order valence-electron chi connectivity index (χ0n) is 51.0. The van der Waals surface area contributed by atoms with E-state index in [2.05, 4.69) is 217 Å². The Morgan fingerprint density at radius 2 is 0.654 bits per heavy atom. The van der Waals surface area contributed by atoms with Crippen molar-refractivity contribution in [2.45, 2.75) is 143 Å². The van der Waals surface area contributed by atoms with E-state index in [1.165, 1.54) is 201 Å². The zero-order chi connectivity index (χ0) is 57.3. The molecule has 5 aliphatic rings. The largest absolute Gasteiger partial charge is 0.260 e. The lowest BCUT2D eigenvalue weighted by atomic mass is 9.93. The van der Waals surface area contributed by atoms with Gasteiger partial charge in [-0.05, 0) is 303 Å². The van der Waals surface area contributed by atoms with Crippen molar-refractivity contribution in [2.75, 3.05) is 0 Å². The molecular formula is C78H79N3. The van der Waals surface area contributed by atoms with E-state index in [9.17, 15) is 0 Å². The SMILES string of the molecule is Cc1cc(C)c2c(c1)-c1c(ccc(C)c1C)C2.Cc1cc(C)c2c(c1C)-c1cccnc1C2.Cc1cc2c(c(C)c1C)-c1cccnc1C2.Cc1ccc2c(c1C)-c1cccnc1C2.Cc1ccc2c(c1C)Cc1ccc(C)c(C)c1-2. The highest BCUT2D eigenvalue weighted by Gasteiger charge is 2.27. The van der Waals surface area contributed by atoms with E-state index in [0.717, 1.165) is 32.1 Å². The molecule has 0 bridgehead atoms. The summed E-state index contributed by atoms with van der Waals surface area (Å²) in [6.07, 6.45) is 10.9. The van der Waals surface area contributed by atoms with Gasteiger partial charge in [0.1, 0.15) is 0 Å². The molecule has 3 heterocycles. The first-order valence-corrected chi connectivity index (χ1v) is 29.3. The van der Waals surface area contributed by atoms with Gasteiger partial charge in [-0.2, -0.15) is 0 Å². The summed E-state index contributed by atoms with van der Waals surface area (Å²) in [6.45, 7) is 35.4. The molecule has 0 saturated carbocycles. The molecule has 0 saturated heterocycles. The lowest BCUT2D eigenvalue weighted by molar-refractivity contribution is 1.10. The van der Waals surface area contributed by atoms with Crippen molar-refractivity contribution in [1.29, 1.82) is 0 Å². The van der Waals surface area contributed by atoms with E-state index in [1.54, 1.807) is 0 Å². The fourth-order valence-electron chi connectivity index (χ4n) is 13.7. The normalized spacial score (nSPS) is 12.4. The molecule has 0 radical (unpaired) electrons. The van der Waals surface area contributed by atoms with Crippen molar-refractivity contribution >= 4 is 0 Å². The summed E-state index contributed by atoms with van der Waals surface area (Å²) in [5.74, 6) is 0. The second-order valence-corrected chi connectivity index (χ2v) is 24.1. The van der Waals surface area contributed by atoms with Crippen LogP contribution in [0.1, 0.15) is 145 Å². The number of aryl methyl sites for hydroxylation is 9. The third-order valence-electron chi connectivity index (χ3n) is 19.2. The number of hydrogen-bond donors (Lipinski definition) is 0. The Bertz CT molecular complexity index is 4200. The maximum absolute atomic E-state index is 4.49. The van der Waals surface area contributed by atoms with Crippen LogP contribution in [-0.2, 0) is 32.1 Å².